The molecule has 8 heteroatoms. The van der Waals surface area contributed by atoms with Crippen LogP contribution in [0, 0.1) is 0 Å². The molecule has 1 aliphatic heterocycles. The number of nitrogens with one attached hydrogen (secondary N) is 1. The molecule has 1 aromatic carbocycles. The van der Waals surface area contributed by atoms with E-state index in [-0.39, 0.29) is 31.3 Å². The van der Waals surface area contributed by atoms with E-state index in [4.69, 9.17) is 9.47 Å². The van der Waals surface area contributed by atoms with Crippen molar-refractivity contribution in [2.45, 2.75) is 26.3 Å². The Morgan fingerprint density at radius 3 is 2.56 bits per heavy atom. The highest BCUT2D eigenvalue weighted by Crippen LogP contribution is 2.31. The fourth-order valence-electron chi connectivity index (χ4n) is 2.49. The van der Waals surface area contributed by atoms with Crippen molar-refractivity contribution in [3.8, 4) is 11.5 Å². The lowest BCUT2D eigenvalue weighted by Crippen LogP contribution is -2.47. The van der Waals surface area contributed by atoms with E-state index < -0.39 is 12.0 Å². The first-order chi connectivity index (χ1) is 11.9. The van der Waals surface area contributed by atoms with Crippen molar-refractivity contribution < 1.29 is 29.0 Å². The summed E-state index contributed by atoms with van der Waals surface area (Å²) in [6.07, 6.45) is 0.0360. The minimum atomic E-state index is -1.10. The molecule has 0 aliphatic carbocycles. The third-order valence-electron chi connectivity index (χ3n) is 3.83. The zero-order valence-corrected chi connectivity index (χ0v) is 14.3. The molecule has 0 radical (unpaired) electrons. The lowest BCUT2D eigenvalue weighted by molar-refractivity contribution is -0.149. The highest BCUT2D eigenvalue weighted by molar-refractivity contribution is 5.85. The maximum absolute atomic E-state index is 12.6. The summed E-state index contributed by atoms with van der Waals surface area (Å²) < 4.78 is 10.9. The molecule has 0 aromatic heterocycles. The van der Waals surface area contributed by atoms with E-state index in [0.29, 0.717) is 30.3 Å². The summed E-state index contributed by atoms with van der Waals surface area (Å²) in [7, 11) is 0. The molecule has 1 unspecified atom stereocenters. The Kier molecular flexibility index (Phi) is 6.21. The van der Waals surface area contributed by atoms with Crippen LogP contribution < -0.4 is 14.8 Å². The third-order valence-corrected chi connectivity index (χ3v) is 3.83. The van der Waals surface area contributed by atoms with E-state index in [9.17, 15) is 19.5 Å². The second-order valence-electron chi connectivity index (χ2n) is 5.74. The standard InChI is InChI=1S/C17H22N2O6/c1-11(17(22)23)19(6-5-18-12(2)20)16(21)10-13-3-4-14-15(9-13)25-8-7-24-14/h3-4,9,11H,5-8,10H2,1-2H3,(H,18,20)(H,22,23). The number of benzene rings is 1. The number of aliphatic carboxylic acids is 1. The van der Waals surface area contributed by atoms with Gasteiger partial charge in [-0.05, 0) is 24.6 Å². The molecule has 0 saturated heterocycles. The molecule has 2 rings (SSSR count). The SMILES string of the molecule is CC(=O)NCCN(C(=O)Cc1ccc2c(c1)OCCO2)C(C)C(=O)O. The molecular weight excluding hydrogens is 328 g/mol. The Morgan fingerprint density at radius 1 is 1.24 bits per heavy atom. The first kappa shape index (κ1) is 18.6. The van der Waals surface area contributed by atoms with Gasteiger partial charge in [-0.2, -0.15) is 0 Å². The van der Waals surface area contributed by atoms with E-state index in [2.05, 4.69) is 5.32 Å². The number of carbonyl (C=O) groups excluding carboxylic acids is 2. The molecule has 1 heterocycles. The highest BCUT2D eigenvalue weighted by atomic mass is 16.6. The predicted octanol–water partition coefficient (Wildman–Crippen LogP) is 0.438. The van der Waals surface area contributed by atoms with Gasteiger partial charge < -0.3 is 24.8 Å². The molecule has 0 saturated carbocycles. The van der Waals surface area contributed by atoms with Gasteiger partial charge in [0.2, 0.25) is 11.8 Å². The minimum Gasteiger partial charge on any atom is -0.486 e. The summed E-state index contributed by atoms with van der Waals surface area (Å²) in [5, 5.41) is 11.8. The Balaban J connectivity index is 2.07. The lowest BCUT2D eigenvalue weighted by Gasteiger charge is -2.27. The van der Waals surface area contributed by atoms with Gasteiger partial charge in [0.25, 0.3) is 0 Å². The van der Waals surface area contributed by atoms with E-state index in [1.165, 1.54) is 18.7 Å². The van der Waals surface area contributed by atoms with Gasteiger partial charge in [-0.3, -0.25) is 9.59 Å². The van der Waals surface area contributed by atoms with Crippen LogP contribution in [0.15, 0.2) is 18.2 Å². The van der Waals surface area contributed by atoms with Crippen LogP contribution in [-0.4, -0.2) is 60.1 Å². The Bertz CT molecular complexity index is 661. The van der Waals surface area contributed by atoms with Gasteiger partial charge in [-0.1, -0.05) is 6.07 Å². The summed E-state index contributed by atoms with van der Waals surface area (Å²) in [6.45, 7) is 4.05. The minimum absolute atomic E-state index is 0.0360. The molecule has 0 spiro atoms. The van der Waals surface area contributed by atoms with Crippen molar-refractivity contribution in [1.82, 2.24) is 10.2 Å². The average Bonchev–Trinajstić information content (AvgIpc) is 2.57. The van der Waals surface area contributed by atoms with Gasteiger partial charge >= 0.3 is 5.97 Å². The van der Waals surface area contributed by atoms with Crippen molar-refractivity contribution in [2.24, 2.45) is 0 Å². The van der Waals surface area contributed by atoms with E-state index in [0.717, 1.165) is 0 Å². The quantitative estimate of drug-likeness (QED) is 0.739. The average molecular weight is 350 g/mol. The maximum Gasteiger partial charge on any atom is 0.326 e. The number of carboxylic acids is 1. The van der Waals surface area contributed by atoms with Crippen molar-refractivity contribution in [1.29, 1.82) is 0 Å². The zero-order chi connectivity index (χ0) is 18.4. The number of carboxylic acid groups (broad SMARTS) is 1. The van der Waals surface area contributed by atoms with Crippen molar-refractivity contribution in [2.75, 3.05) is 26.3 Å². The second-order valence-corrected chi connectivity index (χ2v) is 5.74. The molecule has 2 amide bonds. The first-order valence-electron chi connectivity index (χ1n) is 8.03. The first-order valence-corrected chi connectivity index (χ1v) is 8.03. The zero-order valence-electron chi connectivity index (χ0n) is 14.3. The van der Waals surface area contributed by atoms with Crippen LogP contribution in [0.4, 0.5) is 0 Å². The molecule has 0 bridgehead atoms. The summed E-state index contributed by atoms with van der Waals surface area (Å²) in [4.78, 5) is 36.1. The number of rotatable bonds is 7. The second kappa shape index (κ2) is 8.36. The highest BCUT2D eigenvalue weighted by Gasteiger charge is 2.25. The summed E-state index contributed by atoms with van der Waals surface area (Å²) >= 11 is 0. The van der Waals surface area contributed by atoms with Crippen molar-refractivity contribution in [3.05, 3.63) is 23.8 Å². The van der Waals surface area contributed by atoms with E-state index in [1.54, 1.807) is 18.2 Å². The molecule has 1 aliphatic rings. The van der Waals surface area contributed by atoms with E-state index in [1.807, 2.05) is 0 Å². The molecule has 1 aromatic rings. The van der Waals surface area contributed by atoms with Crippen LogP contribution in [0.25, 0.3) is 0 Å². The van der Waals surface area contributed by atoms with Crippen LogP contribution in [0.3, 0.4) is 0 Å². The van der Waals surface area contributed by atoms with Crippen LogP contribution in [0.1, 0.15) is 19.4 Å². The van der Waals surface area contributed by atoms with E-state index >= 15 is 0 Å². The largest absolute Gasteiger partial charge is 0.486 e. The molecule has 25 heavy (non-hydrogen) atoms. The number of fused-ring (bicyclic) bond motifs is 1. The number of hydrogen-bond donors (Lipinski definition) is 2. The third kappa shape index (κ3) is 5.10. The molecule has 136 valence electrons. The van der Waals surface area contributed by atoms with Crippen molar-refractivity contribution >= 4 is 17.8 Å². The summed E-state index contributed by atoms with van der Waals surface area (Å²) in [6, 6.07) is 4.23. The van der Waals surface area contributed by atoms with Gasteiger partial charge in [0, 0.05) is 20.0 Å². The number of ether oxygens (including phenoxy) is 2. The molecule has 1 atom stereocenters. The van der Waals surface area contributed by atoms with Gasteiger partial charge in [0.05, 0.1) is 6.42 Å². The van der Waals surface area contributed by atoms with Crippen LogP contribution in [-0.2, 0) is 20.8 Å². The Morgan fingerprint density at radius 2 is 1.92 bits per heavy atom. The fourth-order valence-corrected chi connectivity index (χ4v) is 2.49. The number of hydrogen-bond acceptors (Lipinski definition) is 5. The molecule has 8 nitrogen and oxygen atoms in total. The van der Waals surface area contributed by atoms with Crippen molar-refractivity contribution in [3.63, 3.8) is 0 Å². The number of nitrogens with zero attached hydrogens (tertiary/aromatic N) is 1. The molecule has 0 fully saturated rings. The summed E-state index contributed by atoms with van der Waals surface area (Å²) in [5.74, 6) is -0.464. The smallest absolute Gasteiger partial charge is 0.326 e. The predicted molar refractivity (Wildman–Crippen MR) is 88.6 cm³/mol. The Labute approximate surface area is 145 Å². The maximum atomic E-state index is 12.6. The van der Waals surface area contributed by atoms with Crippen LogP contribution in [0.5, 0.6) is 11.5 Å². The molecule has 2 N–H and O–H groups in total. The molecular formula is C17H22N2O6. The fraction of sp³-hybridized carbons (Fsp3) is 0.471. The van der Waals surface area contributed by atoms with Gasteiger partial charge in [-0.15, -0.1) is 0 Å². The van der Waals surface area contributed by atoms with Crippen LogP contribution >= 0.6 is 0 Å². The summed E-state index contributed by atoms with van der Waals surface area (Å²) in [5.41, 5.74) is 0.705. The van der Waals surface area contributed by atoms with Gasteiger partial charge in [-0.25, -0.2) is 4.79 Å². The number of carbonyl (C=O) groups is 3. The van der Waals surface area contributed by atoms with Gasteiger partial charge in [0.15, 0.2) is 11.5 Å². The lowest BCUT2D eigenvalue weighted by atomic mass is 10.1. The number of amides is 2. The monoisotopic (exact) mass is 350 g/mol. The normalized spacial score (nSPS) is 13.7. The Hall–Kier alpha value is -2.77. The topological polar surface area (TPSA) is 105 Å². The van der Waals surface area contributed by atoms with Crippen LogP contribution in [0.2, 0.25) is 0 Å². The van der Waals surface area contributed by atoms with Gasteiger partial charge in [0.1, 0.15) is 19.3 Å².